The van der Waals surface area contributed by atoms with Gasteiger partial charge in [-0.05, 0) is 42.5 Å². The molecule has 1 amide bonds. The first-order chi connectivity index (χ1) is 13.6. The molecule has 0 unspecified atom stereocenters. The Morgan fingerprint density at radius 1 is 1.07 bits per heavy atom. The molecule has 0 aliphatic carbocycles. The number of nitrogens with zero attached hydrogens (tertiary/aromatic N) is 1. The van der Waals surface area contributed by atoms with Crippen molar-refractivity contribution in [2.24, 2.45) is 0 Å². The largest absolute Gasteiger partial charge is 0.417 e. The van der Waals surface area contributed by atoms with Gasteiger partial charge >= 0.3 is 6.18 Å². The summed E-state index contributed by atoms with van der Waals surface area (Å²) < 4.78 is 70.4. The average molecular weight is 493 g/mol. The van der Waals surface area contributed by atoms with Crippen LogP contribution >= 0.6 is 15.9 Å². The van der Waals surface area contributed by atoms with Gasteiger partial charge in [0, 0.05) is 28.8 Å². The van der Waals surface area contributed by atoms with Crippen molar-refractivity contribution >= 4 is 37.5 Å². The summed E-state index contributed by atoms with van der Waals surface area (Å²) in [6, 6.07) is 8.55. The van der Waals surface area contributed by atoms with E-state index in [0.717, 1.165) is 6.07 Å². The van der Waals surface area contributed by atoms with Crippen molar-refractivity contribution in [1.29, 1.82) is 0 Å². The van der Waals surface area contributed by atoms with Gasteiger partial charge in [-0.3, -0.25) is 4.79 Å². The van der Waals surface area contributed by atoms with E-state index in [2.05, 4.69) is 21.2 Å². The molecule has 1 aliphatic heterocycles. The maximum Gasteiger partial charge on any atom is 0.417 e. The van der Waals surface area contributed by atoms with Gasteiger partial charge in [0.1, 0.15) is 0 Å². The van der Waals surface area contributed by atoms with Crippen LogP contribution in [0.1, 0.15) is 15.9 Å². The molecule has 6 nitrogen and oxygen atoms in total. The number of hydrogen-bond acceptors (Lipinski definition) is 4. The summed E-state index contributed by atoms with van der Waals surface area (Å²) in [7, 11) is -3.70. The lowest BCUT2D eigenvalue weighted by Crippen LogP contribution is -2.40. The van der Waals surface area contributed by atoms with Crippen LogP contribution in [0.15, 0.2) is 51.8 Å². The number of halogens is 4. The van der Waals surface area contributed by atoms with E-state index in [9.17, 15) is 26.4 Å². The van der Waals surface area contributed by atoms with Crippen LogP contribution in [0.2, 0.25) is 0 Å². The van der Waals surface area contributed by atoms with Crippen LogP contribution < -0.4 is 5.32 Å². The third kappa shape index (κ3) is 4.97. The minimum atomic E-state index is -4.57. The van der Waals surface area contributed by atoms with E-state index in [1.807, 2.05) is 0 Å². The number of alkyl halides is 3. The predicted octanol–water partition coefficient (Wildman–Crippen LogP) is 3.74. The molecule has 2 aromatic carbocycles. The number of hydrogen-bond donors (Lipinski definition) is 1. The van der Waals surface area contributed by atoms with Crippen LogP contribution in [-0.4, -0.2) is 44.9 Å². The zero-order chi connectivity index (χ0) is 21.2. The highest BCUT2D eigenvalue weighted by atomic mass is 79.9. The van der Waals surface area contributed by atoms with Crippen molar-refractivity contribution in [2.75, 3.05) is 31.6 Å². The first kappa shape index (κ1) is 21.8. The summed E-state index contributed by atoms with van der Waals surface area (Å²) in [6.45, 7) is 1.12. The molecule has 1 fully saturated rings. The van der Waals surface area contributed by atoms with Gasteiger partial charge in [-0.25, -0.2) is 8.42 Å². The Balaban J connectivity index is 1.76. The molecule has 0 spiro atoms. The lowest BCUT2D eigenvalue weighted by atomic mass is 10.1. The Morgan fingerprint density at radius 2 is 1.69 bits per heavy atom. The summed E-state index contributed by atoms with van der Waals surface area (Å²) in [5, 5.41) is 2.38. The number of nitrogens with one attached hydrogen (secondary N) is 1. The molecule has 0 bridgehead atoms. The van der Waals surface area contributed by atoms with Crippen LogP contribution in [0.5, 0.6) is 0 Å². The van der Waals surface area contributed by atoms with Gasteiger partial charge in [-0.2, -0.15) is 17.5 Å². The summed E-state index contributed by atoms with van der Waals surface area (Å²) >= 11 is 2.84. The second-order valence-corrected chi connectivity index (χ2v) is 8.98. The second kappa shape index (κ2) is 8.42. The van der Waals surface area contributed by atoms with Gasteiger partial charge in [-0.15, -0.1) is 0 Å². The Kier molecular flexibility index (Phi) is 6.32. The van der Waals surface area contributed by atoms with Crippen molar-refractivity contribution in [3.63, 3.8) is 0 Å². The number of carbonyl (C=O) groups is 1. The molecule has 1 saturated heterocycles. The van der Waals surface area contributed by atoms with Crippen molar-refractivity contribution in [3.05, 3.63) is 58.1 Å². The molecular weight excluding hydrogens is 477 g/mol. The van der Waals surface area contributed by atoms with Crippen LogP contribution in [0.3, 0.4) is 0 Å². The molecule has 0 aromatic heterocycles. The highest BCUT2D eigenvalue weighted by Gasteiger charge is 2.33. The highest BCUT2D eigenvalue weighted by Crippen LogP contribution is 2.36. The van der Waals surface area contributed by atoms with Gasteiger partial charge < -0.3 is 10.1 Å². The van der Waals surface area contributed by atoms with Gasteiger partial charge in [0.05, 0.1) is 23.7 Å². The molecule has 11 heteroatoms. The van der Waals surface area contributed by atoms with E-state index in [4.69, 9.17) is 4.74 Å². The van der Waals surface area contributed by atoms with E-state index >= 15 is 0 Å². The second-order valence-electron chi connectivity index (χ2n) is 6.19. The molecular formula is C18H16BrF3N2O4S. The van der Waals surface area contributed by atoms with Crippen LogP contribution in [0.4, 0.5) is 18.9 Å². The standard InChI is InChI=1S/C18H16BrF3N2O4S/c19-16-6-3-13(11-15(16)18(20,21)22)23-17(25)12-1-4-14(5-2-12)29(26,27)24-7-9-28-10-8-24/h1-6,11H,7-10H2,(H,23,25). The summed E-state index contributed by atoms with van der Waals surface area (Å²) in [6.07, 6.45) is -4.57. The van der Waals surface area contributed by atoms with Crippen molar-refractivity contribution < 1.29 is 31.1 Å². The maximum absolute atomic E-state index is 13.0. The highest BCUT2D eigenvalue weighted by molar-refractivity contribution is 9.10. The number of sulfonamides is 1. The lowest BCUT2D eigenvalue weighted by molar-refractivity contribution is -0.138. The molecule has 1 aliphatic rings. The zero-order valence-electron chi connectivity index (χ0n) is 14.9. The van der Waals surface area contributed by atoms with Crippen LogP contribution in [0.25, 0.3) is 0 Å². The first-order valence-electron chi connectivity index (χ1n) is 8.45. The summed E-state index contributed by atoms with van der Waals surface area (Å²) in [5.41, 5.74) is -0.833. The molecule has 0 saturated carbocycles. The smallest absolute Gasteiger partial charge is 0.379 e. The topological polar surface area (TPSA) is 75.7 Å². The average Bonchev–Trinajstić information content (AvgIpc) is 2.69. The van der Waals surface area contributed by atoms with Gasteiger partial charge in [0.15, 0.2) is 0 Å². The molecule has 1 N–H and O–H groups in total. The molecule has 0 atom stereocenters. The van der Waals surface area contributed by atoms with Crippen LogP contribution in [0, 0.1) is 0 Å². The lowest BCUT2D eigenvalue weighted by Gasteiger charge is -2.26. The quantitative estimate of drug-likeness (QED) is 0.705. The third-order valence-corrected chi connectivity index (χ3v) is 6.86. The molecule has 1 heterocycles. The summed E-state index contributed by atoms with van der Waals surface area (Å²) in [4.78, 5) is 12.4. The van der Waals surface area contributed by atoms with Crippen molar-refractivity contribution in [3.8, 4) is 0 Å². The van der Waals surface area contributed by atoms with Crippen molar-refractivity contribution in [1.82, 2.24) is 4.31 Å². The molecule has 0 radical (unpaired) electrons. The van der Waals surface area contributed by atoms with E-state index in [1.165, 1.54) is 40.7 Å². The molecule has 2 aromatic rings. The fourth-order valence-electron chi connectivity index (χ4n) is 2.74. The number of rotatable bonds is 4. The Bertz CT molecular complexity index is 1000. The molecule has 3 rings (SSSR count). The van der Waals surface area contributed by atoms with Gasteiger partial charge in [0.25, 0.3) is 5.91 Å². The summed E-state index contributed by atoms with van der Waals surface area (Å²) in [5.74, 6) is -0.657. The monoisotopic (exact) mass is 492 g/mol. The fraction of sp³-hybridized carbons (Fsp3) is 0.278. The number of anilines is 1. The van der Waals surface area contributed by atoms with Crippen LogP contribution in [-0.2, 0) is 20.9 Å². The number of amides is 1. The minimum absolute atomic E-state index is 0.0268. The SMILES string of the molecule is O=C(Nc1ccc(Br)c(C(F)(F)F)c1)c1ccc(S(=O)(=O)N2CCOCC2)cc1. The molecule has 156 valence electrons. The maximum atomic E-state index is 13.0. The predicted molar refractivity (Wildman–Crippen MR) is 103 cm³/mol. The molecule has 29 heavy (non-hydrogen) atoms. The number of morpholine rings is 1. The van der Waals surface area contributed by atoms with E-state index < -0.39 is 27.7 Å². The number of carbonyl (C=O) groups excluding carboxylic acids is 1. The Morgan fingerprint density at radius 3 is 2.28 bits per heavy atom. The Hall–Kier alpha value is -1.95. The third-order valence-electron chi connectivity index (χ3n) is 4.25. The van der Waals surface area contributed by atoms with Gasteiger partial charge in [0.2, 0.25) is 10.0 Å². The number of benzene rings is 2. The van der Waals surface area contributed by atoms with E-state index in [-0.39, 0.29) is 33.7 Å². The van der Waals surface area contributed by atoms with Gasteiger partial charge in [-0.1, -0.05) is 15.9 Å². The number of ether oxygens (including phenoxy) is 1. The van der Waals surface area contributed by atoms with Crippen molar-refractivity contribution in [2.45, 2.75) is 11.1 Å². The first-order valence-corrected chi connectivity index (χ1v) is 10.7. The zero-order valence-corrected chi connectivity index (χ0v) is 17.3. The van der Waals surface area contributed by atoms with E-state index in [0.29, 0.717) is 13.2 Å². The van der Waals surface area contributed by atoms with E-state index in [1.54, 1.807) is 0 Å². The normalized spacial score (nSPS) is 15.9. The Labute approximate surface area is 173 Å². The fourth-order valence-corrected chi connectivity index (χ4v) is 4.62. The minimum Gasteiger partial charge on any atom is -0.379 e.